The Bertz CT molecular complexity index is 437. The largest absolute Gasteiger partial charge is 0.488 e. The molecule has 0 aliphatic rings. The molecule has 0 bridgehead atoms. The first-order valence-corrected chi connectivity index (χ1v) is 7.79. The summed E-state index contributed by atoms with van der Waals surface area (Å²) in [6.07, 6.45) is 1.10. The van der Waals surface area contributed by atoms with E-state index in [0.717, 1.165) is 28.8 Å². The van der Waals surface area contributed by atoms with Crippen molar-refractivity contribution in [1.82, 2.24) is 5.32 Å². The molecule has 0 heterocycles. The van der Waals surface area contributed by atoms with Gasteiger partial charge < -0.3 is 10.1 Å². The molecule has 1 atom stereocenters. The third-order valence-corrected chi connectivity index (χ3v) is 3.71. The molecule has 1 rings (SSSR count). The SMILES string of the molecule is CCCNC(C)c1ccc(Br)cc1OC/C(Cl)=C/Cl. The Morgan fingerprint density at radius 1 is 1.53 bits per heavy atom. The molecule has 0 spiro atoms. The van der Waals surface area contributed by atoms with E-state index in [2.05, 4.69) is 35.1 Å². The van der Waals surface area contributed by atoms with Gasteiger partial charge >= 0.3 is 0 Å². The van der Waals surface area contributed by atoms with Gasteiger partial charge in [0.1, 0.15) is 12.4 Å². The smallest absolute Gasteiger partial charge is 0.125 e. The van der Waals surface area contributed by atoms with Crippen molar-refractivity contribution in [2.24, 2.45) is 0 Å². The number of nitrogens with one attached hydrogen (secondary N) is 1. The third kappa shape index (κ3) is 5.74. The summed E-state index contributed by atoms with van der Waals surface area (Å²) in [5, 5.41) is 3.91. The van der Waals surface area contributed by atoms with Crippen molar-refractivity contribution in [3.8, 4) is 5.75 Å². The molecule has 2 nitrogen and oxygen atoms in total. The Morgan fingerprint density at radius 2 is 2.26 bits per heavy atom. The van der Waals surface area contributed by atoms with E-state index in [0.29, 0.717) is 5.03 Å². The highest BCUT2D eigenvalue weighted by Gasteiger charge is 2.12. The van der Waals surface area contributed by atoms with Crippen LogP contribution in [0.25, 0.3) is 0 Å². The molecule has 0 saturated heterocycles. The van der Waals surface area contributed by atoms with Crippen molar-refractivity contribution in [3.05, 3.63) is 38.8 Å². The van der Waals surface area contributed by atoms with Crippen molar-refractivity contribution in [1.29, 1.82) is 0 Å². The van der Waals surface area contributed by atoms with Gasteiger partial charge in [0.05, 0.1) is 5.03 Å². The van der Waals surface area contributed by atoms with Crippen LogP contribution < -0.4 is 10.1 Å². The number of rotatable bonds is 7. The van der Waals surface area contributed by atoms with Crippen LogP contribution in [-0.2, 0) is 0 Å². The predicted octanol–water partition coefficient (Wildman–Crippen LogP) is 5.21. The minimum atomic E-state index is 0.224. The Labute approximate surface area is 133 Å². The van der Waals surface area contributed by atoms with E-state index in [1.165, 1.54) is 5.54 Å². The summed E-state index contributed by atoms with van der Waals surface area (Å²) in [6.45, 7) is 5.50. The molecule has 0 saturated carbocycles. The molecule has 0 aromatic heterocycles. The van der Waals surface area contributed by atoms with Gasteiger partial charge in [0.2, 0.25) is 0 Å². The van der Waals surface area contributed by atoms with Crippen molar-refractivity contribution in [3.63, 3.8) is 0 Å². The summed E-state index contributed by atoms with van der Waals surface area (Å²) in [7, 11) is 0. The van der Waals surface area contributed by atoms with Gasteiger partial charge in [-0.2, -0.15) is 0 Å². The Kier molecular flexibility index (Phi) is 7.84. The van der Waals surface area contributed by atoms with Crippen LogP contribution in [0.5, 0.6) is 5.75 Å². The molecule has 0 aliphatic carbocycles. The van der Waals surface area contributed by atoms with Crippen molar-refractivity contribution < 1.29 is 4.74 Å². The number of benzene rings is 1. The maximum absolute atomic E-state index is 5.85. The average molecular weight is 367 g/mol. The van der Waals surface area contributed by atoms with Gasteiger partial charge in [0, 0.05) is 21.6 Å². The van der Waals surface area contributed by atoms with Gasteiger partial charge in [-0.3, -0.25) is 0 Å². The first-order chi connectivity index (χ1) is 9.08. The number of hydrogen-bond donors (Lipinski definition) is 1. The summed E-state index contributed by atoms with van der Waals surface area (Å²) in [6, 6.07) is 6.22. The summed E-state index contributed by atoms with van der Waals surface area (Å²) >= 11 is 14.8. The lowest BCUT2D eigenvalue weighted by molar-refractivity contribution is 0.350. The highest BCUT2D eigenvalue weighted by Crippen LogP contribution is 2.29. The molecule has 0 radical (unpaired) electrons. The molecule has 106 valence electrons. The van der Waals surface area contributed by atoms with E-state index in [9.17, 15) is 0 Å². The van der Waals surface area contributed by atoms with Crippen LogP contribution in [0, 0.1) is 0 Å². The average Bonchev–Trinajstić information content (AvgIpc) is 2.42. The van der Waals surface area contributed by atoms with E-state index >= 15 is 0 Å². The molecular formula is C14H18BrCl2NO. The quantitative estimate of drug-likeness (QED) is 0.715. The zero-order chi connectivity index (χ0) is 14.3. The highest BCUT2D eigenvalue weighted by molar-refractivity contribution is 9.10. The fraction of sp³-hybridized carbons (Fsp3) is 0.429. The van der Waals surface area contributed by atoms with Crippen LogP contribution in [0.4, 0.5) is 0 Å². The standard InChI is InChI=1S/C14H18BrCl2NO/c1-3-6-18-10(2)13-5-4-11(15)7-14(13)19-9-12(17)8-16/h4-5,7-8,10,18H,3,6,9H2,1-2H3/b12-8-. The molecular weight excluding hydrogens is 349 g/mol. The molecule has 5 heteroatoms. The van der Waals surface area contributed by atoms with Crippen LogP contribution in [0.15, 0.2) is 33.2 Å². The molecule has 1 aromatic carbocycles. The maximum Gasteiger partial charge on any atom is 0.125 e. The van der Waals surface area contributed by atoms with E-state index in [4.69, 9.17) is 27.9 Å². The highest BCUT2D eigenvalue weighted by atomic mass is 79.9. The first kappa shape index (κ1) is 16.8. The zero-order valence-electron chi connectivity index (χ0n) is 11.1. The van der Waals surface area contributed by atoms with Crippen LogP contribution in [0.1, 0.15) is 31.9 Å². The molecule has 0 aliphatic heterocycles. The topological polar surface area (TPSA) is 21.3 Å². The normalized spacial score (nSPS) is 13.4. The molecule has 19 heavy (non-hydrogen) atoms. The van der Waals surface area contributed by atoms with Gasteiger partial charge in [-0.15, -0.1) is 0 Å². The predicted molar refractivity (Wildman–Crippen MR) is 86.1 cm³/mol. The van der Waals surface area contributed by atoms with E-state index in [1.807, 2.05) is 18.2 Å². The molecule has 0 amide bonds. The van der Waals surface area contributed by atoms with Crippen LogP contribution >= 0.6 is 39.1 Å². The summed E-state index contributed by atoms with van der Waals surface area (Å²) in [5.41, 5.74) is 2.42. The zero-order valence-corrected chi connectivity index (χ0v) is 14.1. The van der Waals surface area contributed by atoms with Crippen LogP contribution in [0.3, 0.4) is 0 Å². The number of halogens is 3. The maximum atomic E-state index is 5.85. The summed E-state index contributed by atoms with van der Waals surface area (Å²) < 4.78 is 6.69. The monoisotopic (exact) mass is 365 g/mol. The van der Waals surface area contributed by atoms with Gasteiger partial charge in [-0.1, -0.05) is 52.1 Å². The number of hydrogen-bond acceptors (Lipinski definition) is 2. The van der Waals surface area contributed by atoms with Crippen LogP contribution in [0.2, 0.25) is 0 Å². The van der Waals surface area contributed by atoms with Gasteiger partial charge in [-0.05, 0) is 32.0 Å². The molecule has 1 unspecified atom stereocenters. The van der Waals surface area contributed by atoms with Crippen molar-refractivity contribution in [2.75, 3.05) is 13.2 Å². The summed E-state index contributed by atoms with van der Waals surface area (Å²) in [5.74, 6) is 0.808. The molecule has 0 fully saturated rings. The van der Waals surface area contributed by atoms with Crippen molar-refractivity contribution in [2.45, 2.75) is 26.3 Å². The lowest BCUT2D eigenvalue weighted by Crippen LogP contribution is -2.20. The van der Waals surface area contributed by atoms with E-state index in [-0.39, 0.29) is 12.6 Å². The minimum Gasteiger partial charge on any atom is -0.488 e. The molecule has 1 N–H and O–H groups in total. The summed E-state index contributed by atoms with van der Waals surface area (Å²) in [4.78, 5) is 0. The second kappa shape index (κ2) is 8.85. The Balaban J connectivity index is 2.84. The van der Waals surface area contributed by atoms with Gasteiger partial charge in [-0.25, -0.2) is 0 Å². The van der Waals surface area contributed by atoms with E-state index in [1.54, 1.807) is 0 Å². The minimum absolute atomic E-state index is 0.224. The van der Waals surface area contributed by atoms with Gasteiger partial charge in [0.25, 0.3) is 0 Å². The third-order valence-electron chi connectivity index (χ3n) is 2.63. The van der Waals surface area contributed by atoms with Crippen LogP contribution in [-0.4, -0.2) is 13.2 Å². The Hall–Kier alpha value is -0.220. The fourth-order valence-corrected chi connectivity index (χ4v) is 2.10. The van der Waals surface area contributed by atoms with Gasteiger partial charge in [0.15, 0.2) is 0 Å². The lowest BCUT2D eigenvalue weighted by atomic mass is 10.1. The Morgan fingerprint density at radius 3 is 2.89 bits per heavy atom. The second-order valence-corrected chi connectivity index (χ2v) is 5.82. The second-order valence-electron chi connectivity index (χ2n) is 4.20. The number of ether oxygens (including phenoxy) is 1. The van der Waals surface area contributed by atoms with E-state index < -0.39 is 0 Å². The lowest BCUT2D eigenvalue weighted by Gasteiger charge is -2.18. The fourth-order valence-electron chi connectivity index (χ4n) is 1.64. The van der Waals surface area contributed by atoms with Crippen molar-refractivity contribution >= 4 is 39.1 Å². The molecule has 1 aromatic rings. The first-order valence-electron chi connectivity index (χ1n) is 6.18.